The lowest BCUT2D eigenvalue weighted by atomic mass is 10.1. The Kier molecular flexibility index (Phi) is 42.3. The molecule has 0 saturated heterocycles. The van der Waals surface area contributed by atoms with Gasteiger partial charge in [0.1, 0.15) is 52.7 Å². The molecule has 0 bridgehead atoms. The highest BCUT2D eigenvalue weighted by atomic mass is 16.6. The van der Waals surface area contributed by atoms with Crippen LogP contribution in [0.3, 0.4) is 0 Å². The van der Waals surface area contributed by atoms with Crippen molar-refractivity contribution in [3.8, 4) is 0 Å². The van der Waals surface area contributed by atoms with Gasteiger partial charge in [-0.05, 0) is 12.8 Å². The highest BCUT2D eigenvalue weighted by Gasteiger charge is 2.24. The van der Waals surface area contributed by atoms with E-state index in [1.807, 2.05) is 42.3 Å². The summed E-state index contributed by atoms with van der Waals surface area (Å²) in [7, 11) is 11.7. The molecule has 0 atom stereocenters. The van der Waals surface area contributed by atoms with E-state index in [1.165, 1.54) is 89.9 Å². The first-order chi connectivity index (χ1) is 35.2. The quantitative estimate of drug-likeness (QED) is 0.0241. The minimum atomic E-state index is -1.31. The number of quaternary nitrogens is 2. The average Bonchev–Trinajstić information content (AvgIpc) is 3.33. The van der Waals surface area contributed by atoms with E-state index >= 15 is 0 Å². The molecule has 0 aromatic rings. The number of unbranched alkanes of at least 4 members (excludes halogenated alkanes) is 20. The largest absolute Gasteiger partial charge is 0.462 e. The summed E-state index contributed by atoms with van der Waals surface area (Å²) in [5.74, 6) is -5.48. The first kappa shape index (κ1) is 69.7. The molecule has 0 unspecified atom stereocenters. The van der Waals surface area contributed by atoms with E-state index < -0.39 is 86.0 Å². The van der Waals surface area contributed by atoms with Crippen molar-refractivity contribution in [2.75, 3.05) is 95.0 Å². The second kappa shape index (κ2) is 44.9. The lowest BCUT2D eigenvalue weighted by molar-refractivity contribution is -0.870. The molecule has 0 amide bonds. The van der Waals surface area contributed by atoms with Crippen LogP contribution in [0.25, 0.3) is 0 Å². The van der Waals surface area contributed by atoms with Crippen LogP contribution in [0.5, 0.6) is 0 Å². The van der Waals surface area contributed by atoms with Crippen molar-refractivity contribution in [1.82, 2.24) is 0 Å². The van der Waals surface area contributed by atoms with E-state index in [-0.39, 0.29) is 65.0 Å². The van der Waals surface area contributed by atoms with Crippen LogP contribution in [-0.4, -0.2) is 164 Å². The van der Waals surface area contributed by atoms with Crippen molar-refractivity contribution < 1.29 is 85.2 Å². The second-order valence-electron chi connectivity index (χ2n) is 21.5. The zero-order chi connectivity index (χ0) is 55.3. The van der Waals surface area contributed by atoms with Gasteiger partial charge < -0.3 is 46.9 Å². The molecule has 0 aliphatic heterocycles. The summed E-state index contributed by atoms with van der Waals surface area (Å²) in [4.78, 5) is 101. The number of ether oxygens (including phenoxy) is 8. The van der Waals surface area contributed by atoms with Crippen LogP contribution in [-0.2, 0) is 76.3 Å². The molecule has 430 valence electrons. The molecular formula is C56H102N2O16+2. The lowest BCUT2D eigenvalue weighted by Gasteiger charge is -2.23. The summed E-state index contributed by atoms with van der Waals surface area (Å²) in [6.07, 6.45) is 20.8. The smallest absolute Gasteiger partial charge is 0.306 e. The number of rotatable bonds is 49. The van der Waals surface area contributed by atoms with E-state index in [4.69, 9.17) is 37.9 Å². The molecular weight excluding hydrogens is 957 g/mol. The minimum Gasteiger partial charge on any atom is -0.462 e. The molecule has 0 rings (SSSR count). The second-order valence-corrected chi connectivity index (χ2v) is 21.5. The van der Waals surface area contributed by atoms with E-state index in [9.17, 15) is 38.4 Å². The average molecular weight is 1060 g/mol. The van der Waals surface area contributed by atoms with Gasteiger partial charge in [-0.25, -0.2) is 0 Å². The number of likely N-dealkylation sites (N-methyl/N-ethyl adjacent to an activating group) is 2. The van der Waals surface area contributed by atoms with E-state index in [1.54, 1.807) is 0 Å². The molecule has 0 aromatic heterocycles. The maximum Gasteiger partial charge on any atom is 0.306 e. The third-order valence-corrected chi connectivity index (χ3v) is 11.9. The topological polar surface area (TPSA) is 210 Å². The Bertz CT molecular complexity index is 1450. The summed E-state index contributed by atoms with van der Waals surface area (Å²) < 4.78 is 43.9. The van der Waals surface area contributed by atoms with Crippen LogP contribution < -0.4 is 0 Å². The van der Waals surface area contributed by atoms with Crippen LogP contribution in [0.2, 0.25) is 0 Å². The van der Waals surface area contributed by atoms with Gasteiger partial charge in [0.25, 0.3) is 0 Å². The molecule has 74 heavy (non-hydrogen) atoms. The molecule has 0 spiro atoms. The number of carbonyl (C=O) groups excluding carboxylic acids is 8. The van der Waals surface area contributed by atoms with E-state index in [0.717, 1.165) is 38.5 Å². The number of hydrogen-bond donors (Lipinski definition) is 0. The fourth-order valence-electron chi connectivity index (χ4n) is 7.24. The van der Waals surface area contributed by atoms with Crippen LogP contribution >= 0.6 is 0 Å². The van der Waals surface area contributed by atoms with Gasteiger partial charge in [-0.3, -0.25) is 38.4 Å². The van der Waals surface area contributed by atoms with Gasteiger partial charge >= 0.3 is 47.8 Å². The third-order valence-electron chi connectivity index (χ3n) is 11.9. The summed E-state index contributed by atoms with van der Waals surface area (Å²) in [6, 6.07) is 0. The van der Waals surface area contributed by atoms with Crippen LogP contribution in [0.15, 0.2) is 0 Å². The Morgan fingerprint density at radius 3 is 0.757 bits per heavy atom. The molecule has 0 fully saturated rings. The van der Waals surface area contributed by atoms with E-state index in [0.29, 0.717) is 34.9 Å². The number of nitrogens with zero attached hydrogens (tertiary/aromatic N) is 2. The Balaban J connectivity index is 5.38. The van der Waals surface area contributed by atoms with Crippen molar-refractivity contribution in [3.05, 3.63) is 0 Å². The van der Waals surface area contributed by atoms with Gasteiger partial charge in [0.2, 0.25) is 0 Å². The maximum absolute atomic E-state index is 13.1. The Morgan fingerprint density at radius 1 is 0.284 bits per heavy atom. The summed E-state index contributed by atoms with van der Waals surface area (Å²) in [6.45, 7) is 4.11. The third kappa shape index (κ3) is 48.6. The highest BCUT2D eigenvalue weighted by molar-refractivity contribution is 5.79. The van der Waals surface area contributed by atoms with Gasteiger partial charge in [0, 0.05) is 12.8 Å². The predicted molar refractivity (Wildman–Crippen MR) is 281 cm³/mol. The first-order valence-corrected chi connectivity index (χ1v) is 28.2. The molecule has 0 saturated carbocycles. The normalized spacial score (nSPS) is 11.5. The van der Waals surface area contributed by atoms with Crippen LogP contribution in [0.1, 0.15) is 206 Å². The van der Waals surface area contributed by atoms with Crippen molar-refractivity contribution in [2.24, 2.45) is 0 Å². The molecule has 0 N–H and O–H groups in total. The fraction of sp³-hybridized carbons (Fsp3) is 0.857. The molecule has 18 nitrogen and oxygen atoms in total. The zero-order valence-electron chi connectivity index (χ0n) is 47.5. The number of hydrogen-bond acceptors (Lipinski definition) is 16. The molecule has 0 radical (unpaired) electrons. The Hall–Kier alpha value is -4.32. The van der Waals surface area contributed by atoms with Crippen molar-refractivity contribution in [1.29, 1.82) is 0 Å². The molecule has 0 heterocycles. The SMILES string of the molecule is CCCCCCCCCCCCCC(=O)OCC(COC(=O)CCCCCCCCCCCCC)OC(=O)CCC(=O)OC(COC(=O)CCC(=O)OCC[N+](C)(C)C)COC(=O)CCC(=O)OCC[N+](C)(C)C. The highest BCUT2D eigenvalue weighted by Crippen LogP contribution is 2.15. The molecule has 18 heteroatoms. The summed E-state index contributed by atoms with van der Waals surface area (Å²) >= 11 is 0. The monoisotopic (exact) mass is 1060 g/mol. The van der Waals surface area contributed by atoms with Crippen molar-refractivity contribution >= 4 is 47.8 Å². The Labute approximate surface area is 445 Å². The standard InChI is InChI=1S/C56H102N2O16/c1-9-11-13-15-17-19-21-23-25-27-29-31-49(59)69-43-47(44-70-50(60)32-30-28-26-24-22-20-18-16-14-12-10-2)73-55(65)37-38-56(66)74-48(45-71-53(63)35-33-51(61)67-41-39-57(3,4)5)46-72-54(64)36-34-52(62)68-42-40-58(6,7)8/h47-48H,9-46H2,1-8H3/q+2. The molecule has 0 aliphatic carbocycles. The first-order valence-electron chi connectivity index (χ1n) is 28.2. The van der Waals surface area contributed by atoms with Crippen LogP contribution in [0.4, 0.5) is 0 Å². The summed E-state index contributed by atoms with van der Waals surface area (Å²) in [5, 5.41) is 0. The number of carbonyl (C=O) groups is 8. The van der Waals surface area contributed by atoms with Gasteiger partial charge in [0.05, 0.1) is 80.8 Å². The van der Waals surface area contributed by atoms with Crippen LogP contribution in [0, 0.1) is 0 Å². The summed E-state index contributed by atoms with van der Waals surface area (Å²) in [5.41, 5.74) is 0. The lowest BCUT2D eigenvalue weighted by Crippen LogP contribution is -2.38. The molecule has 0 aliphatic rings. The maximum atomic E-state index is 13.1. The van der Waals surface area contributed by atoms with E-state index in [2.05, 4.69) is 13.8 Å². The van der Waals surface area contributed by atoms with Gasteiger partial charge in [-0.15, -0.1) is 0 Å². The molecule has 0 aromatic carbocycles. The minimum absolute atomic E-state index is 0.169. The van der Waals surface area contributed by atoms with Crippen molar-refractivity contribution in [3.63, 3.8) is 0 Å². The van der Waals surface area contributed by atoms with Crippen molar-refractivity contribution in [2.45, 2.75) is 219 Å². The zero-order valence-corrected chi connectivity index (χ0v) is 47.5. The Morgan fingerprint density at radius 2 is 0.500 bits per heavy atom. The fourth-order valence-corrected chi connectivity index (χ4v) is 7.24. The van der Waals surface area contributed by atoms with Gasteiger partial charge in [-0.2, -0.15) is 0 Å². The number of esters is 8. The van der Waals surface area contributed by atoms with Gasteiger partial charge in [-0.1, -0.05) is 142 Å². The van der Waals surface area contributed by atoms with Gasteiger partial charge in [0.15, 0.2) is 12.2 Å². The predicted octanol–water partition coefficient (Wildman–Crippen LogP) is 9.22.